The fraction of sp³-hybridized carbons (Fsp3) is 0.240. The highest BCUT2D eigenvalue weighted by atomic mass is 32.1. The van der Waals surface area contributed by atoms with Gasteiger partial charge < -0.3 is 15.0 Å². The summed E-state index contributed by atoms with van der Waals surface area (Å²) in [5, 5.41) is 4.93. The average molecular weight is 483 g/mol. The van der Waals surface area contributed by atoms with E-state index in [4.69, 9.17) is 4.74 Å². The molecule has 1 unspecified atom stereocenters. The third-order valence-corrected chi connectivity index (χ3v) is 5.93. The number of hydrogen-bond acceptors (Lipinski definition) is 6. The fourth-order valence-corrected chi connectivity index (χ4v) is 4.21. The number of thiazole rings is 1. The number of benzene rings is 2. The van der Waals surface area contributed by atoms with Crippen LogP contribution in [0.1, 0.15) is 24.2 Å². The van der Waals surface area contributed by atoms with Crippen LogP contribution in [0.15, 0.2) is 60.0 Å². The van der Waals surface area contributed by atoms with Crippen LogP contribution in [0.3, 0.4) is 0 Å². The quantitative estimate of drug-likeness (QED) is 0.458. The maximum absolute atomic E-state index is 14.2. The standard InChI is InChI=1S/C25H27FN4O3S/c1-17(31)30(22-11-6-5-10-21(22)26)25-28-19(16-34-25)12-13-24(32)27-15-23(29(2)3)18-8-7-9-20(14-18)33-4/h5-14,16,23H,15H2,1-4H3,(H,27,32)/b13-12+. The van der Waals surface area contributed by atoms with Crippen LogP contribution in [0.5, 0.6) is 5.75 Å². The van der Waals surface area contributed by atoms with Gasteiger partial charge in [-0.3, -0.25) is 14.5 Å². The van der Waals surface area contributed by atoms with Crippen molar-refractivity contribution in [3.63, 3.8) is 0 Å². The Hall–Kier alpha value is -3.56. The summed E-state index contributed by atoms with van der Waals surface area (Å²) in [4.78, 5) is 32.2. The van der Waals surface area contributed by atoms with E-state index in [0.717, 1.165) is 11.3 Å². The second-order valence-corrected chi connectivity index (χ2v) is 8.53. The fourth-order valence-electron chi connectivity index (χ4n) is 3.36. The number of aromatic nitrogens is 1. The molecule has 0 aliphatic heterocycles. The Morgan fingerprint density at radius 2 is 1.97 bits per heavy atom. The number of ether oxygens (including phenoxy) is 1. The summed E-state index contributed by atoms with van der Waals surface area (Å²) in [6, 6.07) is 13.7. The van der Waals surface area contributed by atoms with Crippen molar-refractivity contribution in [1.29, 1.82) is 0 Å². The number of methoxy groups -OCH3 is 1. The first-order valence-electron chi connectivity index (χ1n) is 10.6. The summed E-state index contributed by atoms with van der Waals surface area (Å²) >= 11 is 1.19. The van der Waals surface area contributed by atoms with Gasteiger partial charge in [-0.05, 0) is 50.0 Å². The first-order valence-corrected chi connectivity index (χ1v) is 11.4. The summed E-state index contributed by atoms with van der Waals surface area (Å²) < 4.78 is 19.5. The summed E-state index contributed by atoms with van der Waals surface area (Å²) in [5.74, 6) is -0.400. The van der Waals surface area contributed by atoms with Gasteiger partial charge >= 0.3 is 0 Å². The van der Waals surface area contributed by atoms with E-state index in [0.29, 0.717) is 17.4 Å². The van der Waals surface area contributed by atoms with Crippen LogP contribution in [-0.4, -0.2) is 49.4 Å². The second kappa shape index (κ2) is 11.5. The first-order chi connectivity index (χ1) is 16.3. The summed E-state index contributed by atoms with van der Waals surface area (Å²) in [6.45, 7) is 1.75. The van der Waals surface area contributed by atoms with Crippen molar-refractivity contribution in [3.8, 4) is 5.75 Å². The number of likely N-dealkylation sites (N-methyl/N-ethyl adjacent to an activating group) is 1. The Bertz CT molecular complexity index is 1180. The zero-order valence-corrected chi connectivity index (χ0v) is 20.3. The van der Waals surface area contributed by atoms with E-state index in [9.17, 15) is 14.0 Å². The molecule has 1 aromatic heterocycles. The summed E-state index contributed by atoms with van der Waals surface area (Å²) in [5.41, 5.74) is 1.65. The number of amides is 2. The number of nitrogens with one attached hydrogen (secondary N) is 1. The molecule has 0 aliphatic rings. The lowest BCUT2D eigenvalue weighted by molar-refractivity contribution is -0.117. The second-order valence-electron chi connectivity index (χ2n) is 7.70. The zero-order chi connectivity index (χ0) is 24.7. The van der Waals surface area contributed by atoms with Gasteiger partial charge in [0.05, 0.1) is 24.5 Å². The molecule has 0 saturated carbocycles. The Morgan fingerprint density at radius 3 is 2.65 bits per heavy atom. The normalized spacial score (nSPS) is 12.1. The number of nitrogens with zero attached hydrogens (tertiary/aromatic N) is 3. The number of anilines is 2. The first kappa shape index (κ1) is 25.1. The molecule has 0 spiro atoms. The lowest BCUT2D eigenvalue weighted by Crippen LogP contribution is -2.33. The average Bonchev–Trinajstić information content (AvgIpc) is 3.27. The van der Waals surface area contributed by atoms with Crippen molar-refractivity contribution in [2.45, 2.75) is 13.0 Å². The molecule has 9 heteroatoms. The molecule has 2 aromatic carbocycles. The zero-order valence-electron chi connectivity index (χ0n) is 19.5. The smallest absolute Gasteiger partial charge is 0.244 e. The number of hydrogen-bond donors (Lipinski definition) is 1. The van der Waals surface area contributed by atoms with Crippen molar-refractivity contribution in [3.05, 3.63) is 77.1 Å². The third-order valence-electron chi connectivity index (χ3n) is 5.09. The van der Waals surface area contributed by atoms with E-state index in [1.807, 2.05) is 43.3 Å². The Morgan fingerprint density at radius 1 is 1.21 bits per heavy atom. The van der Waals surface area contributed by atoms with E-state index in [2.05, 4.69) is 10.3 Å². The minimum absolute atomic E-state index is 0.0387. The van der Waals surface area contributed by atoms with Gasteiger partial charge in [0.25, 0.3) is 0 Å². The van der Waals surface area contributed by atoms with Gasteiger partial charge in [0, 0.05) is 24.9 Å². The number of carbonyl (C=O) groups is 2. The van der Waals surface area contributed by atoms with Crippen LogP contribution in [0.4, 0.5) is 15.2 Å². The molecule has 2 amide bonds. The van der Waals surface area contributed by atoms with Crippen molar-refractivity contribution < 1.29 is 18.7 Å². The highest BCUT2D eigenvalue weighted by Gasteiger charge is 2.20. The molecule has 1 atom stereocenters. The van der Waals surface area contributed by atoms with Crippen LogP contribution in [0, 0.1) is 5.82 Å². The summed E-state index contributed by atoms with van der Waals surface area (Å²) in [6.07, 6.45) is 2.95. The number of para-hydroxylation sites is 1. The van der Waals surface area contributed by atoms with Crippen molar-refractivity contribution in [1.82, 2.24) is 15.2 Å². The van der Waals surface area contributed by atoms with Gasteiger partial charge in [-0.2, -0.15) is 0 Å². The molecule has 0 aliphatic carbocycles. The van der Waals surface area contributed by atoms with Gasteiger partial charge in [-0.1, -0.05) is 24.3 Å². The maximum Gasteiger partial charge on any atom is 0.244 e. The third kappa shape index (κ3) is 6.27. The number of halogens is 1. The van der Waals surface area contributed by atoms with Crippen molar-refractivity contribution in [2.75, 3.05) is 32.6 Å². The number of carbonyl (C=O) groups excluding carboxylic acids is 2. The lowest BCUT2D eigenvalue weighted by atomic mass is 10.1. The Labute approximate surface area is 202 Å². The molecule has 0 saturated heterocycles. The molecule has 1 N–H and O–H groups in total. The molecule has 0 bridgehead atoms. The van der Waals surface area contributed by atoms with Gasteiger partial charge in [-0.15, -0.1) is 11.3 Å². The Balaban J connectivity index is 1.67. The predicted molar refractivity (Wildman–Crippen MR) is 133 cm³/mol. The monoisotopic (exact) mass is 482 g/mol. The van der Waals surface area contributed by atoms with Gasteiger partial charge in [0.15, 0.2) is 5.13 Å². The molecule has 3 rings (SSSR count). The molecule has 3 aromatic rings. The van der Waals surface area contributed by atoms with Gasteiger partial charge in [0.2, 0.25) is 11.8 Å². The topological polar surface area (TPSA) is 74.8 Å². The van der Waals surface area contributed by atoms with E-state index < -0.39 is 5.82 Å². The SMILES string of the molecule is COc1cccc(C(CNC(=O)/C=C/c2csc(N(C(C)=O)c3ccccc3F)n2)N(C)C)c1. The predicted octanol–water partition coefficient (Wildman–Crippen LogP) is 4.41. The van der Waals surface area contributed by atoms with E-state index in [1.54, 1.807) is 30.7 Å². The Kier molecular flexibility index (Phi) is 8.50. The molecule has 34 heavy (non-hydrogen) atoms. The highest BCUT2D eigenvalue weighted by molar-refractivity contribution is 7.14. The molecular formula is C25H27FN4O3S. The van der Waals surface area contributed by atoms with Crippen LogP contribution in [0.2, 0.25) is 0 Å². The van der Waals surface area contributed by atoms with Gasteiger partial charge in [0.1, 0.15) is 11.6 Å². The minimum Gasteiger partial charge on any atom is -0.497 e. The molecule has 0 radical (unpaired) electrons. The van der Waals surface area contributed by atoms with Crippen LogP contribution in [-0.2, 0) is 9.59 Å². The van der Waals surface area contributed by atoms with Crippen LogP contribution >= 0.6 is 11.3 Å². The largest absolute Gasteiger partial charge is 0.497 e. The van der Waals surface area contributed by atoms with Crippen molar-refractivity contribution in [2.24, 2.45) is 0 Å². The summed E-state index contributed by atoms with van der Waals surface area (Å²) in [7, 11) is 5.50. The highest BCUT2D eigenvalue weighted by Crippen LogP contribution is 2.31. The van der Waals surface area contributed by atoms with Crippen LogP contribution < -0.4 is 15.0 Å². The van der Waals surface area contributed by atoms with E-state index in [-0.39, 0.29) is 23.5 Å². The molecule has 0 fully saturated rings. The maximum atomic E-state index is 14.2. The minimum atomic E-state index is -0.518. The van der Waals surface area contributed by atoms with Crippen molar-refractivity contribution >= 4 is 40.0 Å². The molecule has 178 valence electrons. The van der Waals surface area contributed by atoms with E-state index >= 15 is 0 Å². The lowest BCUT2D eigenvalue weighted by Gasteiger charge is -2.25. The van der Waals surface area contributed by atoms with Crippen LogP contribution in [0.25, 0.3) is 6.08 Å². The molecule has 7 nitrogen and oxygen atoms in total. The van der Waals surface area contributed by atoms with Gasteiger partial charge in [-0.25, -0.2) is 9.37 Å². The molecule has 1 heterocycles. The molecular weight excluding hydrogens is 455 g/mol. The number of rotatable bonds is 9. The van der Waals surface area contributed by atoms with E-state index in [1.165, 1.54) is 41.4 Å².